The lowest BCUT2D eigenvalue weighted by Gasteiger charge is -2.36. The third kappa shape index (κ3) is 2.21. The van der Waals surface area contributed by atoms with E-state index in [0.717, 1.165) is 25.7 Å². The van der Waals surface area contributed by atoms with Gasteiger partial charge in [0, 0.05) is 12.8 Å². The van der Waals surface area contributed by atoms with Crippen molar-refractivity contribution in [2.45, 2.75) is 37.5 Å². The lowest BCUT2D eigenvalue weighted by Crippen LogP contribution is -2.44. The molecule has 2 N–H and O–H groups in total. The summed E-state index contributed by atoms with van der Waals surface area (Å²) in [5.74, 6) is -0.521. The molecule has 1 saturated carbocycles. The van der Waals surface area contributed by atoms with Crippen LogP contribution in [0.15, 0.2) is 0 Å². The van der Waals surface area contributed by atoms with Crippen molar-refractivity contribution in [3.63, 3.8) is 0 Å². The lowest BCUT2D eigenvalue weighted by atomic mass is 9.81. The van der Waals surface area contributed by atoms with E-state index in [-0.39, 0.29) is 17.7 Å². The largest absolute Gasteiger partial charge is 0.468 e. The van der Waals surface area contributed by atoms with E-state index >= 15 is 0 Å². The number of ether oxygens (including phenoxy) is 3. The molecule has 0 amide bonds. The van der Waals surface area contributed by atoms with Gasteiger partial charge in [-0.2, -0.15) is 0 Å². The summed E-state index contributed by atoms with van der Waals surface area (Å²) in [7, 11) is 1.37. The van der Waals surface area contributed by atoms with E-state index in [1.165, 1.54) is 7.11 Å². The van der Waals surface area contributed by atoms with Gasteiger partial charge < -0.3 is 19.9 Å². The molecule has 92 valence electrons. The van der Waals surface area contributed by atoms with Crippen LogP contribution >= 0.6 is 0 Å². The highest BCUT2D eigenvalue weighted by Crippen LogP contribution is 2.39. The van der Waals surface area contributed by atoms with Crippen molar-refractivity contribution in [1.82, 2.24) is 0 Å². The van der Waals surface area contributed by atoms with Crippen LogP contribution in [0.4, 0.5) is 0 Å². The summed E-state index contributed by atoms with van der Waals surface area (Å²) in [6, 6.07) is -0.510. The van der Waals surface area contributed by atoms with E-state index in [1.807, 2.05) is 0 Å². The van der Waals surface area contributed by atoms with E-state index in [0.29, 0.717) is 13.2 Å². The van der Waals surface area contributed by atoms with Crippen LogP contribution in [-0.2, 0) is 19.0 Å². The first-order chi connectivity index (χ1) is 7.67. The third-order valence-electron chi connectivity index (χ3n) is 3.59. The van der Waals surface area contributed by atoms with Crippen LogP contribution in [0.25, 0.3) is 0 Å². The van der Waals surface area contributed by atoms with Crippen molar-refractivity contribution in [2.24, 2.45) is 11.7 Å². The van der Waals surface area contributed by atoms with Gasteiger partial charge in [-0.15, -0.1) is 0 Å². The van der Waals surface area contributed by atoms with E-state index < -0.39 is 6.04 Å². The Labute approximate surface area is 95.2 Å². The van der Waals surface area contributed by atoms with Crippen LogP contribution in [0.3, 0.4) is 0 Å². The minimum atomic E-state index is -0.510. The number of esters is 1. The zero-order chi connectivity index (χ0) is 11.6. The highest BCUT2D eigenvalue weighted by Gasteiger charge is 2.42. The summed E-state index contributed by atoms with van der Waals surface area (Å²) in [4.78, 5) is 11.3. The van der Waals surface area contributed by atoms with Gasteiger partial charge in [-0.1, -0.05) is 0 Å². The predicted molar refractivity (Wildman–Crippen MR) is 56.6 cm³/mol. The summed E-state index contributed by atoms with van der Waals surface area (Å²) < 4.78 is 15.9. The number of carbonyl (C=O) groups is 1. The van der Waals surface area contributed by atoms with Crippen LogP contribution in [0, 0.1) is 5.92 Å². The Kier molecular flexibility index (Phi) is 3.47. The van der Waals surface area contributed by atoms with Crippen molar-refractivity contribution >= 4 is 5.97 Å². The first kappa shape index (κ1) is 11.8. The molecule has 0 aromatic rings. The van der Waals surface area contributed by atoms with Gasteiger partial charge in [0.15, 0.2) is 5.79 Å². The summed E-state index contributed by atoms with van der Waals surface area (Å²) in [6.07, 6.45) is 3.36. The van der Waals surface area contributed by atoms with Gasteiger partial charge >= 0.3 is 5.97 Å². The first-order valence-electron chi connectivity index (χ1n) is 5.78. The maximum Gasteiger partial charge on any atom is 0.322 e. The summed E-state index contributed by atoms with van der Waals surface area (Å²) in [5.41, 5.74) is 5.83. The Hall–Kier alpha value is -0.650. The second-order valence-corrected chi connectivity index (χ2v) is 4.49. The van der Waals surface area contributed by atoms with Gasteiger partial charge in [-0.05, 0) is 18.8 Å². The summed E-state index contributed by atoms with van der Waals surface area (Å²) in [6.45, 7) is 1.35. The Balaban J connectivity index is 1.87. The quantitative estimate of drug-likeness (QED) is 0.695. The Morgan fingerprint density at radius 3 is 2.44 bits per heavy atom. The molecular formula is C11H19NO4. The van der Waals surface area contributed by atoms with Gasteiger partial charge in [-0.25, -0.2) is 0 Å². The zero-order valence-electron chi connectivity index (χ0n) is 9.61. The SMILES string of the molecule is COC(=O)[C@@H](N)C1CCC2(CC1)OCCO2. The maximum atomic E-state index is 11.3. The second kappa shape index (κ2) is 4.69. The molecule has 2 fully saturated rings. The van der Waals surface area contributed by atoms with Crippen LogP contribution in [0.1, 0.15) is 25.7 Å². The highest BCUT2D eigenvalue weighted by molar-refractivity contribution is 5.75. The molecule has 0 bridgehead atoms. The molecule has 2 aliphatic rings. The molecule has 0 unspecified atom stereocenters. The van der Waals surface area contributed by atoms with E-state index in [9.17, 15) is 4.79 Å². The number of hydrogen-bond donors (Lipinski definition) is 1. The van der Waals surface area contributed by atoms with E-state index in [2.05, 4.69) is 4.74 Å². The van der Waals surface area contributed by atoms with Crippen molar-refractivity contribution in [2.75, 3.05) is 20.3 Å². The van der Waals surface area contributed by atoms with Gasteiger partial charge in [0.25, 0.3) is 0 Å². The van der Waals surface area contributed by atoms with Crippen LogP contribution in [-0.4, -0.2) is 38.1 Å². The molecule has 1 spiro atoms. The fourth-order valence-corrected chi connectivity index (χ4v) is 2.55. The monoisotopic (exact) mass is 229 g/mol. The Morgan fingerprint density at radius 2 is 1.94 bits per heavy atom. The highest BCUT2D eigenvalue weighted by atomic mass is 16.7. The van der Waals surface area contributed by atoms with Crippen molar-refractivity contribution in [3.8, 4) is 0 Å². The number of hydrogen-bond acceptors (Lipinski definition) is 5. The molecule has 5 nitrogen and oxygen atoms in total. The topological polar surface area (TPSA) is 70.8 Å². The Morgan fingerprint density at radius 1 is 1.38 bits per heavy atom. The molecule has 1 saturated heterocycles. The second-order valence-electron chi connectivity index (χ2n) is 4.49. The molecule has 0 radical (unpaired) electrons. The zero-order valence-corrected chi connectivity index (χ0v) is 9.61. The molecule has 2 rings (SSSR count). The number of carbonyl (C=O) groups excluding carboxylic acids is 1. The molecule has 0 aromatic carbocycles. The minimum Gasteiger partial charge on any atom is -0.468 e. The first-order valence-corrected chi connectivity index (χ1v) is 5.78. The molecule has 16 heavy (non-hydrogen) atoms. The molecule has 1 aliphatic carbocycles. The predicted octanol–water partition coefficient (Wildman–Crippen LogP) is 0.420. The molecule has 1 atom stereocenters. The van der Waals surface area contributed by atoms with Crippen molar-refractivity contribution in [3.05, 3.63) is 0 Å². The van der Waals surface area contributed by atoms with Crippen molar-refractivity contribution < 1.29 is 19.0 Å². The third-order valence-corrected chi connectivity index (χ3v) is 3.59. The number of nitrogens with two attached hydrogens (primary N) is 1. The summed E-state index contributed by atoms with van der Waals surface area (Å²) >= 11 is 0. The summed E-state index contributed by atoms with van der Waals surface area (Å²) in [5, 5.41) is 0. The van der Waals surface area contributed by atoms with Crippen LogP contribution < -0.4 is 5.73 Å². The van der Waals surface area contributed by atoms with Gasteiger partial charge in [0.1, 0.15) is 6.04 Å². The van der Waals surface area contributed by atoms with E-state index in [1.54, 1.807) is 0 Å². The molecule has 1 aliphatic heterocycles. The average Bonchev–Trinajstić information content (AvgIpc) is 2.77. The Bertz CT molecular complexity index is 253. The van der Waals surface area contributed by atoms with Gasteiger partial charge in [-0.3, -0.25) is 4.79 Å². The minimum absolute atomic E-state index is 0.186. The molecule has 5 heteroatoms. The van der Waals surface area contributed by atoms with Gasteiger partial charge in [0.05, 0.1) is 20.3 Å². The fraction of sp³-hybridized carbons (Fsp3) is 0.909. The fourth-order valence-electron chi connectivity index (χ4n) is 2.55. The molecule has 1 heterocycles. The smallest absolute Gasteiger partial charge is 0.322 e. The van der Waals surface area contributed by atoms with E-state index in [4.69, 9.17) is 15.2 Å². The molecule has 0 aromatic heterocycles. The van der Waals surface area contributed by atoms with Gasteiger partial charge in [0.2, 0.25) is 0 Å². The number of methoxy groups -OCH3 is 1. The number of rotatable bonds is 2. The maximum absolute atomic E-state index is 11.3. The lowest BCUT2D eigenvalue weighted by molar-refractivity contribution is -0.184. The van der Waals surface area contributed by atoms with Crippen LogP contribution in [0.5, 0.6) is 0 Å². The average molecular weight is 229 g/mol. The van der Waals surface area contributed by atoms with Crippen LogP contribution in [0.2, 0.25) is 0 Å². The van der Waals surface area contributed by atoms with Crippen molar-refractivity contribution in [1.29, 1.82) is 0 Å². The molecular weight excluding hydrogens is 210 g/mol. The standard InChI is InChI=1S/C11H19NO4/c1-14-10(13)9(12)8-2-4-11(5-3-8)15-6-7-16-11/h8-9H,2-7,12H2,1H3/t9-/m0/s1. The normalized spacial score (nSPS) is 26.9.